The number of carbonyl (C=O) groups excluding carboxylic acids is 2. The third kappa shape index (κ3) is 5.74. The molecular formula is C18H17F2NO6S. The number of anilines is 1. The molecule has 0 aromatic heterocycles. The zero-order valence-electron chi connectivity index (χ0n) is 14.7. The van der Waals surface area contributed by atoms with Crippen LogP contribution in [-0.2, 0) is 19.4 Å². The Morgan fingerprint density at radius 2 is 1.71 bits per heavy atom. The highest BCUT2D eigenvalue weighted by atomic mass is 32.2. The van der Waals surface area contributed by atoms with Crippen molar-refractivity contribution < 1.29 is 36.3 Å². The zero-order chi connectivity index (χ0) is 20.7. The number of alkyl halides is 2. The van der Waals surface area contributed by atoms with E-state index in [1.807, 2.05) is 0 Å². The number of hydrogen-bond donors (Lipinski definition) is 1. The van der Waals surface area contributed by atoms with Gasteiger partial charge in [-0.3, -0.25) is 4.79 Å². The minimum Gasteiger partial charge on any atom is -0.452 e. The minimum absolute atomic E-state index is 0.0758. The summed E-state index contributed by atoms with van der Waals surface area (Å²) in [5.41, 5.74) is 0.113. The molecule has 2 aromatic carbocycles. The summed E-state index contributed by atoms with van der Waals surface area (Å²) in [5.74, 6) is -1.91. The molecule has 0 aliphatic carbocycles. The first kappa shape index (κ1) is 21.3. The summed E-state index contributed by atoms with van der Waals surface area (Å²) in [6, 6.07) is 10.7. The van der Waals surface area contributed by atoms with Crippen LogP contribution in [0.5, 0.6) is 5.75 Å². The van der Waals surface area contributed by atoms with Crippen molar-refractivity contribution in [2.45, 2.75) is 18.4 Å². The van der Waals surface area contributed by atoms with Crippen molar-refractivity contribution in [1.82, 2.24) is 0 Å². The lowest BCUT2D eigenvalue weighted by atomic mass is 10.2. The van der Waals surface area contributed by atoms with E-state index in [4.69, 9.17) is 4.74 Å². The van der Waals surface area contributed by atoms with E-state index in [2.05, 4.69) is 10.1 Å². The van der Waals surface area contributed by atoms with Crippen molar-refractivity contribution in [2.75, 3.05) is 17.7 Å². The summed E-state index contributed by atoms with van der Waals surface area (Å²) in [7, 11) is -3.64. The molecule has 0 saturated carbocycles. The normalized spacial score (nSPS) is 11.1. The molecule has 0 unspecified atom stereocenters. The fraction of sp³-hybridized carbons (Fsp3) is 0.222. The van der Waals surface area contributed by atoms with Crippen molar-refractivity contribution >= 4 is 27.4 Å². The molecule has 150 valence electrons. The number of ether oxygens (including phenoxy) is 2. The topological polar surface area (TPSA) is 98.8 Å². The van der Waals surface area contributed by atoms with Gasteiger partial charge in [0, 0.05) is 5.69 Å². The monoisotopic (exact) mass is 413 g/mol. The van der Waals surface area contributed by atoms with Crippen LogP contribution in [0.4, 0.5) is 14.5 Å². The van der Waals surface area contributed by atoms with Crippen molar-refractivity contribution in [2.24, 2.45) is 0 Å². The van der Waals surface area contributed by atoms with Crippen LogP contribution in [0.25, 0.3) is 0 Å². The Labute approximate surface area is 160 Å². The summed E-state index contributed by atoms with van der Waals surface area (Å²) >= 11 is 0. The molecule has 0 aliphatic heterocycles. The van der Waals surface area contributed by atoms with Crippen LogP contribution < -0.4 is 10.1 Å². The number of nitrogens with one attached hydrogen (secondary N) is 1. The fourth-order valence-electron chi connectivity index (χ4n) is 2.19. The lowest BCUT2D eigenvalue weighted by Gasteiger charge is -2.10. The molecule has 0 aliphatic rings. The molecule has 0 spiro atoms. The number of hydrogen-bond acceptors (Lipinski definition) is 6. The number of rotatable bonds is 8. The largest absolute Gasteiger partial charge is 0.452 e. The van der Waals surface area contributed by atoms with Gasteiger partial charge in [0.05, 0.1) is 16.2 Å². The number of carbonyl (C=O) groups is 2. The van der Waals surface area contributed by atoms with Crippen molar-refractivity contribution in [3.8, 4) is 5.75 Å². The Kier molecular flexibility index (Phi) is 7.05. The maximum absolute atomic E-state index is 12.2. The summed E-state index contributed by atoms with van der Waals surface area (Å²) in [5, 5.41) is 2.41. The van der Waals surface area contributed by atoms with Gasteiger partial charge in [0.2, 0.25) is 0 Å². The van der Waals surface area contributed by atoms with Crippen LogP contribution >= 0.6 is 0 Å². The quantitative estimate of drug-likeness (QED) is 0.668. The van der Waals surface area contributed by atoms with Gasteiger partial charge in [-0.15, -0.1) is 0 Å². The van der Waals surface area contributed by atoms with E-state index in [-0.39, 0.29) is 27.6 Å². The van der Waals surface area contributed by atoms with Gasteiger partial charge in [0.15, 0.2) is 16.4 Å². The van der Waals surface area contributed by atoms with Gasteiger partial charge < -0.3 is 14.8 Å². The summed E-state index contributed by atoms with van der Waals surface area (Å²) in [6.45, 7) is -2.17. The summed E-state index contributed by atoms with van der Waals surface area (Å²) in [6.07, 6.45) is 0. The van der Waals surface area contributed by atoms with Gasteiger partial charge in [-0.25, -0.2) is 13.2 Å². The fourth-order valence-corrected chi connectivity index (χ4v) is 3.27. The van der Waals surface area contributed by atoms with Crippen LogP contribution in [0.2, 0.25) is 0 Å². The third-order valence-corrected chi connectivity index (χ3v) is 5.31. The second kappa shape index (κ2) is 9.27. The van der Waals surface area contributed by atoms with Crippen LogP contribution in [0.3, 0.4) is 0 Å². The van der Waals surface area contributed by atoms with Crippen molar-refractivity contribution in [3.05, 3.63) is 54.1 Å². The van der Waals surface area contributed by atoms with E-state index in [0.717, 1.165) is 0 Å². The van der Waals surface area contributed by atoms with Gasteiger partial charge in [-0.1, -0.05) is 19.1 Å². The van der Waals surface area contributed by atoms with E-state index in [9.17, 15) is 26.8 Å². The Morgan fingerprint density at radius 1 is 1.07 bits per heavy atom. The highest BCUT2D eigenvalue weighted by Crippen LogP contribution is 2.19. The predicted octanol–water partition coefficient (Wildman–Crippen LogP) is 2.88. The van der Waals surface area contributed by atoms with Crippen LogP contribution in [0.15, 0.2) is 53.4 Å². The van der Waals surface area contributed by atoms with Gasteiger partial charge in [-0.05, 0) is 36.4 Å². The number of amides is 1. The summed E-state index contributed by atoms with van der Waals surface area (Å²) in [4.78, 5) is 23.9. The molecule has 0 saturated heterocycles. The standard InChI is InChI=1S/C18H17F2NO6S/c1-2-28(24,25)15-6-4-3-5-14(15)17(23)26-11-16(22)21-12-7-9-13(10-8-12)27-18(19)20/h3-10,18H,2,11H2,1H3,(H,21,22). The van der Waals surface area contributed by atoms with Gasteiger partial charge >= 0.3 is 12.6 Å². The Hall–Kier alpha value is -3.01. The first-order valence-corrected chi connectivity index (χ1v) is 9.72. The maximum atomic E-state index is 12.2. The molecule has 0 heterocycles. The first-order chi connectivity index (χ1) is 13.2. The lowest BCUT2D eigenvalue weighted by Crippen LogP contribution is -2.22. The van der Waals surface area contributed by atoms with Crippen molar-refractivity contribution in [3.63, 3.8) is 0 Å². The molecule has 0 atom stereocenters. The molecule has 0 bridgehead atoms. The molecule has 2 aromatic rings. The molecule has 0 radical (unpaired) electrons. The highest BCUT2D eigenvalue weighted by Gasteiger charge is 2.22. The molecule has 0 fully saturated rings. The maximum Gasteiger partial charge on any atom is 0.387 e. The van der Waals surface area contributed by atoms with Crippen LogP contribution in [-0.4, -0.2) is 39.3 Å². The molecule has 10 heteroatoms. The molecular weight excluding hydrogens is 396 g/mol. The van der Waals surface area contributed by atoms with E-state index in [1.54, 1.807) is 0 Å². The second-order valence-electron chi connectivity index (χ2n) is 5.43. The average molecular weight is 413 g/mol. The lowest BCUT2D eigenvalue weighted by molar-refractivity contribution is -0.119. The molecule has 28 heavy (non-hydrogen) atoms. The SMILES string of the molecule is CCS(=O)(=O)c1ccccc1C(=O)OCC(=O)Nc1ccc(OC(F)F)cc1. The highest BCUT2D eigenvalue weighted by molar-refractivity contribution is 7.91. The number of benzene rings is 2. The zero-order valence-corrected chi connectivity index (χ0v) is 15.5. The molecule has 2 rings (SSSR count). The summed E-state index contributed by atoms with van der Waals surface area (Å²) < 4.78 is 57.4. The Morgan fingerprint density at radius 3 is 2.32 bits per heavy atom. The second-order valence-corrected chi connectivity index (χ2v) is 7.67. The number of halogens is 2. The van der Waals surface area contributed by atoms with E-state index in [0.29, 0.717) is 0 Å². The van der Waals surface area contributed by atoms with Crippen molar-refractivity contribution in [1.29, 1.82) is 0 Å². The minimum atomic E-state index is -3.64. The van der Waals surface area contributed by atoms with Crippen LogP contribution in [0, 0.1) is 0 Å². The van der Waals surface area contributed by atoms with Gasteiger partial charge in [0.1, 0.15) is 5.75 Å². The molecule has 7 nitrogen and oxygen atoms in total. The molecule has 1 amide bonds. The number of sulfone groups is 1. The average Bonchev–Trinajstić information content (AvgIpc) is 2.67. The molecule has 1 N–H and O–H groups in total. The first-order valence-electron chi connectivity index (χ1n) is 8.06. The Bertz CT molecular complexity index is 945. The third-order valence-electron chi connectivity index (χ3n) is 3.52. The van der Waals surface area contributed by atoms with Gasteiger partial charge in [0.25, 0.3) is 5.91 Å². The number of esters is 1. The predicted molar refractivity (Wildman–Crippen MR) is 96.2 cm³/mol. The Balaban J connectivity index is 1.97. The van der Waals surface area contributed by atoms with E-state index < -0.39 is 34.9 Å². The van der Waals surface area contributed by atoms with Gasteiger partial charge in [-0.2, -0.15) is 8.78 Å². The van der Waals surface area contributed by atoms with E-state index in [1.165, 1.54) is 55.5 Å². The smallest absolute Gasteiger partial charge is 0.387 e. The van der Waals surface area contributed by atoms with E-state index >= 15 is 0 Å². The van der Waals surface area contributed by atoms with Crippen LogP contribution in [0.1, 0.15) is 17.3 Å².